The molecular formula is C17H16N2O2. The zero-order valence-electron chi connectivity index (χ0n) is 11.7. The molecule has 0 saturated carbocycles. The van der Waals surface area contributed by atoms with Gasteiger partial charge in [0.05, 0.1) is 6.61 Å². The summed E-state index contributed by atoms with van der Waals surface area (Å²) in [6.07, 6.45) is 3.48. The zero-order valence-corrected chi connectivity index (χ0v) is 11.7. The Morgan fingerprint density at radius 3 is 2.48 bits per heavy atom. The number of aromatic nitrogens is 1. The Morgan fingerprint density at radius 1 is 0.952 bits per heavy atom. The van der Waals surface area contributed by atoms with Crippen molar-refractivity contribution in [2.24, 2.45) is 0 Å². The Balaban J connectivity index is 1.93. The van der Waals surface area contributed by atoms with E-state index in [-0.39, 0.29) is 0 Å². The summed E-state index contributed by atoms with van der Waals surface area (Å²) < 4.78 is 11.3. The highest BCUT2D eigenvalue weighted by molar-refractivity contribution is 5.96. The number of hydrogen-bond acceptors (Lipinski definition) is 4. The van der Waals surface area contributed by atoms with Crippen molar-refractivity contribution in [1.82, 2.24) is 4.98 Å². The summed E-state index contributed by atoms with van der Waals surface area (Å²) in [6, 6.07) is 13.1. The van der Waals surface area contributed by atoms with Gasteiger partial charge in [0.2, 0.25) is 0 Å². The molecule has 1 heterocycles. The van der Waals surface area contributed by atoms with Crippen LogP contribution in [-0.2, 0) is 0 Å². The van der Waals surface area contributed by atoms with Gasteiger partial charge in [-0.05, 0) is 49.4 Å². The van der Waals surface area contributed by atoms with Crippen LogP contribution in [0.2, 0.25) is 0 Å². The van der Waals surface area contributed by atoms with Gasteiger partial charge in [0.15, 0.2) is 0 Å². The minimum Gasteiger partial charge on any atom is -0.494 e. The Bertz CT molecular complexity index is 754. The van der Waals surface area contributed by atoms with E-state index in [1.165, 1.54) is 0 Å². The largest absolute Gasteiger partial charge is 0.494 e. The maximum Gasteiger partial charge on any atom is 0.136 e. The topological polar surface area (TPSA) is 57.4 Å². The Kier molecular flexibility index (Phi) is 3.60. The second-order valence-electron chi connectivity index (χ2n) is 4.58. The molecule has 21 heavy (non-hydrogen) atoms. The lowest BCUT2D eigenvalue weighted by molar-refractivity contribution is 0.339. The summed E-state index contributed by atoms with van der Waals surface area (Å²) in [5.74, 6) is 2.30. The molecule has 0 aliphatic carbocycles. The molecule has 0 atom stereocenters. The van der Waals surface area contributed by atoms with Gasteiger partial charge >= 0.3 is 0 Å². The van der Waals surface area contributed by atoms with Gasteiger partial charge < -0.3 is 15.2 Å². The van der Waals surface area contributed by atoms with Crippen LogP contribution < -0.4 is 15.2 Å². The molecule has 0 fully saturated rings. The van der Waals surface area contributed by atoms with E-state index in [4.69, 9.17) is 15.2 Å². The summed E-state index contributed by atoms with van der Waals surface area (Å²) in [7, 11) is 0. The number of nitrogens with zero attached hydrogens (tertiary/aromatic N) is 1. The van der Waals surface area contributed by atoms with E-state index in [2.05, 4.69) is 4.98 Å². The van der Waals surface area contributed by atoms with Gasteiger partial charge in [0, 0.05) is 28.9 Å². The second-order valence-corrected chi connectivity index (χ2v) is 4.58. The van der Waals surface area contributed by atoms with Crippen LogP contribution in [0.5, 0.6) is 17.2 Å². The number of nitrogens with two attached hydrogens (primary N) is 1. The molecule has 0 aliphatic heterocycles. The summed E-state index contributed by atoms with van der Waals surface area (Å²) in [5, 5.41) is 1.83. The predicted molar refractivity (Wildman–Crippen MR) is 83.8 cm³/mol. The highest BCUT2D eigenvalue weighted by Gasteiger charge is 2.06. The van der Waals surface area contributed by atoms with Gasteiger partial charge in [0.25, 0.3) is 0 Å². The van der Waals surface area contributed by atoms with Crippen molar-refractivity contribution in [3.8, 4) is 17.2 Å². The molecule has 1 aromatic heterocycles. The van der Waals surface area contributed by atoms with E-state index in [1.807, 2.05) is 49.4 Å². The Morgan fingerprint density at radius 2 is 1.71 bits per heavy atom. The van der Waals surface area contributed by atoms with E-state index in [1.54, 1.807) is 12.4 Å². The molecule has 2 aromatic carbocycles. The lowest BCUT2D eigenvalue weighted by Crippen LogP contribution is -1.92. The molecule has 3 rings (SSSR count). The Labute approximate surface area is 123 Å². The van der Waals surface area contributed by atoms with E-state index in [0.29, 0.717) is 12.3 Å². The lowest BCUT2D eigenvalue weighted by atomic mass is 10.1. The van der Waals surface area contributed by atoms with Gasteiger partial charge in [-0.3, -0.25) is 4.98 Å². The van der Waals surface area contributed by atoms with Crippen LogP contribution in [0.25, 0.3) is 10.8 Å². The van der Waals surface area contributed by atoms with Crippen LogP contribution in [0, 0.1) is 0 Å². The minimum atomic E-state index is 0.647. The third-order valence-corrected chi connectivity index (χ3v) is 3.17. The molecule has 0 unspecified atom stereocenters. The highest BCUT2D eigenvalue weighted by atomic mass is 16.5. The SMILES string of the molecule is CCOc1ccc(Oc2ccc(N)c3ccncc23)cc1. The average molecular weight is 280 g/mol. The summed E-state index contributed by atoms with van der Waals surface area (Å²) in [5.41, 5.74) is 6.69. The van der Waals surface area contributed by atoms with Gasteiger partial charge in [-0.1, -0.05) is 0 Å². The molecular weight excluding hydrogens is 264 g/mol. The predicted octanol–water partition coefficient (Wildman–Crippen LogP) is 4.01. The number of anilines is 1. The first-order valence-electron chi connectivity index (χ1n) is 6.81. The van der Waals surface area contributed by atoms with Gasteiger partial charge in [-0.15, -0.1) is 0 Å². The van der Waals surface area contributed by atoms with Crippen molar-refractivity contribution in [3.05, 3.63) is 54.9 Å². The first-order chi connectivity index (χ1) is 10.3. The number of hydrogen-bond donors (Lipinski definition) is 1. The fourth-order valence-electron chi connectivity index (χ4n) is 2.17. The van der Waals surface area contributed by atoms with Crippen LogP contribution in [0.4, 0.5) is 5.69 Å². The van der Waals surface area contributed by atoms with Crippen LogP contribution in [-0.4, -0.2) is 11.6 Å². The first-order valence-corrected chi connectivity index (χ1v) is 6.81. The molecule has 0 amide bonds. The Hall–Kier alpha value is -2.75. The van der Waals surface area contributed by atoms with Crippen molar-refractivity contribution in [3.63, 3.8) is 0 Å². The molecule has 4 heteroatoms. The molecule has 4 nitrogen and oxygen atoms in total. The number of benzene rings is 2. The maximum atomic E-state index is 5.97. The van der Waals surface area contributed by atoms with Crippen molar-refractivity contribution >= 4 is 16.5 Å². The molecule has 0 aliphatic rings. The maximum absolute atomic E-state index is 5.97. The van der Waals surface area contributed by atoms with Crippen LogP contribution >= 0.6 is 0 Å². The fraction of sp³-hybridized carbons (Fsp3) is 0.118. The standard InChI is InChI=1S/C17H16N2O2/c1-2-20-12-3-5-13(6-4-12)21-17-8-7-16(18)14-9-10-19-11-15(14)17/h3-11H,2,18H2,1H3. The highest BCUT2D eigenvalue weighted by Crippen LogP contribution is 2.33. The summed E-state index contributed by atoms with van der Waals surface area (Å²) in [6.45, 7) is 2.60. The van der Waals surface area contributed by atoms with Crippen molar-refractivity contribution in [2.45, 2.75) is 6.92 Å². The third kappa shape index (κ3) is 2.74. The molecule has 2 N–H and O–H groups in total. The molecule has 0 bridgehead atoms. The first kappa shape index (κ1) is 13.2. The van der Waals surface area contributed by atoms with E-state index in [0.717, 1.165) is 28.0 Å². The van der Waals surface area contributed by atoms with Gasteiger partial charge in [-0.25, -0.2) is 0 Å². The molecule has 0 saturated heterocycles. The molecule has 3 aromatic rings. The normalized spacial score (nSPS) is 10.5. The van der Waals surface area contributed by atoms with E-state index >= 15 is 0 Å². The van der Waals surface area contributed by atoms with Crippen LogP contribution in [0.1, 0.15) is 6.92 Å². The van der Waals surface area contributed by atoms with Gasteiger partial charge in [-0.2, -0.15) is 0 Å². The quantitative estimate of drug-likeness (QED) is 0.734. The smallest absolute Gasteiger partial charge is 0.136 e. The molecule has 106 valence electrons. The number of fused-ring (bicyclic) bond motifs is 1. The number of nitrogen functional groups attached to an aromatic ring is 1. The number of pyridine rings is 1. The van der Waals surface area contributed by atoms with Crippen LogP contribution in [0.3, 0.4) is 0 Å². The fourth-order valence-corrected chi connectivity index (χ4v) is 2.17. The second kappa shape index (κ2) is 5.71. The lowest BCUT2D eigenvalue weighted by Gasteiger charge is -2.11. The number of rotatable bonds is 4. The van der Waals surface area contributed by atoms with Crippen molar-refractivity contribution in [1.29, 1.82) is 0 Å². The minimum absolute atomic E-state index is 0.647. The van der Waals surface area contributed by atoms with E-state index in [9.17, 15) is 0 Å². The van der Waals surface area contributed by atoms with Crippen molar-refractivity contribution < 1.29 is 9.47 Å². The summed E-state index contributed by atoms with van der Waals surface area (Å²) >= 11 is 0. The summed E-state index contributed by atoms with van der Waals surface area (Å²) in [4.78, 5) is 4.14. The van der Waals surface area contributed by atoms with Gasteiger partial charge in [0.1, 0.15) is 17.2 Å². The van der Waals surface area contributed by atoms with Crippen LogP contribution in [0.15, 0.2) is 54.9 Å². The molecule has 0 radical (unpaired) electrons. The van der Waals surface area contributed by atoms with Crippen molar-refractivity contribution in [2.75, 3.05) is 12.3 Å². The monoisotopic (exact) mass is 280 g/mol. The van der Waals surface area contributed by atoms with E-state index < -0.39 is 0 Å². The zero-order chi connectivity index (χ0) is 14.7. The number of ether oxygens (including phenoxy) is 2. The molecule has 0 spiro atoms. The third-order valence-electron chi connectivity index (χ3n) is 3.17. The average Bonchev–Trinajstić information content (AvgIpc) is 2.52.